The van der Waals surface area contributed by atoms with Crippen molar-refractivity contribution in [2.24, 2.45) is 23.2 Å². The zero-order valence-corrected chi connectivity index (χ0v) is 19.5. The van der Waals surface area contributed by atoms with Crippen molar-refractivity contribution in [2.75, 3.05) is 0 Å². The molecule has 2 fully saturated rings. The molecule has 0 bridgehead atoms. The molecule has 0 radical (unpaired) electrons. The van der Waals surface area contributed by atoms with Crippen LogP contribution in [0, 0.1) is 23.2 Å². The fraction of sp³-hybridized carbons (Fsp3) is 0.870. The van der Waals surface area contributed by atoms with Crippen LogP contribution in [0.5, 0.6) is 0 Å². The molecule has 0 saturated heterocycles. The number of ketones is 1. The molecule has 5 atom stereocenters. The minimum absolute atomic E-state index is 0.238. The van der Waals surface area contributed by atoms with Gasteiger partial charge in [-0.1, -0.05) is 46.8 Å². The molecule has 2 saturated carbocycles. The van der Waals surface area contributed by atoms with E-state index in [-0.39, 0.29) is 16.6 Å². The van der Waals surface area contributed by atoms with Gasteiger partial charge in [0.2, 0.25) is 0 Å². The summed E-state index contributed by atoms with van der Waals surface area (Å²) in [5.41, 5.74) is 0.238. The molecule has 0 N–H and O–H groups in total. The van der Waals surface area contributed by atoms with E-state index in [2.05, 4.69) is 66.8 Å². The van der Waals surface area contributed by atoms with Gasteiger partial charge in [-0.05, 0) is 74.4 Å². The second kappa shape index (κ2) is 7.91. The summed E-state index contributed by atoms with van der Waals surface area (Å²) in [7, 11) is -1.69. The Labute approximate surface area is 163 Å². The topological polar surface area (TPSA) is 26.3 Å². The van der Waals surface area contributed by atoms with Gasteiger partial charge < -0.3 is 4.43 Å². The number of hydrogen-bond donors (Lipinski definition) is 0. The molecule has 0 aromatic carbocycles. The first-order valence-electron chi connectivity index (χ1n) is 10.8. The molecule has 26 heavy (non-hydrogen) atoms. The molecule has 0 aromatic heterocycles. The Hall–Kier alpha value is -0.413. The van der Waals surface area contributed by atoms with E-state index in [9.17, 15) is 4.79 Å². The second-order valence-electron chi connectivity index (χ2n) is 10.8. The molecule has 2 nitrogen and oxygen atoms in total. The maximum absolute atomic E-state index is 12.3. The Balaban J connectivity index is 1.91. The molecule has 150 valence electrons. The van der Waals surface area contributed by atoms with E-state index in [0.717, 1.165) is 25.7 Å². The SMILES string of the molecule is C[C@H](CC=C[C@H](C)[C@H]1CC[C@H]2C(=O)CCC[C@]12C)O[Si](C)(C)C(C)(C)C. The second-order valence-corrected chi connectivity index (χ2v) is 15.5. The first kappa shape index (κ1) is 21.9. The number of carbonyl (C=O) groups excluding carboxylic acids is 1. The number of carbonyl (C=O) groups is 1. The number of hydrogen-bond acceptors (Lipinski definition) is 2. The van der Waals surface area contributed by atoms with Crippen molar-refractivity contribution in [1.82, 2.24) is 0 Å². The van der Waals surface area contributed by atoms with Gasteiger partial charge in [0.25, 0.3) is 0 Å². The number of rotatable bonds is 6. The van der Waals surface area contributed by atoms with Crippen LogP contribution in [0.4, 0.5) is 0 Å². The monoisotopic (exact) mass is 378 g/mol. The highest BCUT2D eigenvalue weighted by Gasteiger charge is 2.51. The summed E-state index contributed by atoms with van der Waals surface area (Å²) in [5.74, 6) is 2.08. The van der Waals surface area contributed by atoms with Crippen molar-refractivity contribution < 1.29 is 9.22 Å². The van der Waals surface area contributed by atoms with Crippen molar-refractivity contribution in [3.05, 3.63) is 12.2 Å². The van der Waals surface area contributed by atoms with Crippen LogP contribution in [0.3, 0.4) is 0 Å². The minimum Gasteiger partial charge on any atom is -0.414 e. The van der Waals surface area contributed by atoms with E-state index in [1.54, 1.807) is 0 Å². The number of Topliss-reactive ketones (excluding diaryl/α,β-unsaturated/α-hetero) is 1. The summed E-state index contributed by atoms with van der Waals surface area (Å²) < 4.78 is 6.47. The lowest BCUT2D eigenvalue weighted by atomic mass is 9.62. The van der Waals surface area contributed by atoms with Gasteiger partial charge in [-0.15, -0.1) is 0 Å². The maximum Gasteiger partial charge on any atom is 0.192 e. The Kier molecular flexibility index (Phi) is 6.66. The molecule has 0 heterocycles. The fourth-order valence-electron chi connectivity index (χ4n) is 5.18. The Morgan fingerprint density at radius 1 is 1.27 bits per heavy atom. The highest BCUT2D eigenvalue weighted by Crippen LogP contribution is 2.56. The minimum atomic E-state index is -1.69. The molecular weight excluding hydrogens is 336 g/mol. The number of fused-ring (bicyclic) bond motifs is 1. The summed E-state index contributed by atoms with van der Waals surface area (Å²) in [6.07, 6.45) is 11.5. The summed E-state index contributed by atoms with van der Waals surface area (Å²) in [6.45, 7) is 18.5. The molecule has 2 aliphatic rings. The van der Waals surface area contributed by atoms with E-state index in [4.69, 9.17) is 4.43 Å². The highest BCUT2D eigenvalue weighted by molar-refractivity contribution is 6.74. The van der Waals surface area contributed by atoms with Crippen LogP contribution in [0.1, 0.15) is 80.1 Å². The summed E-state index contributed by atoms with van der Waals surface area (Å²) >= 11 is 0. The molecule has 0 aliphatic heterocycles. The smallest absolute Gasteiger partial charge is 0.192 e. The van der Waals surface area contributed by atoms with Crippen LogP contribution in [-0.4, -0.2) is 20.2 Å². The summed E-state index contributed by atoms with van der Waals surface area (Å²) in [6, 6.07) is 0. The standard InChI is InChI=1S/C23H42O2Si/c1-17(11-9-12-18(2)25-26(7,8)22(3,4)5)19-14-15-20-21(24)13-10-16-23(19,20)6/h9,11,17-20H,10,12-16H2,1-8H3/t17-,18+,19+,20-,23+/m0/s1. The van der Waals surface area contributed by atoms with E-state index >= 15 is 0 Å². The fourth-order valence-corrected chi connectivity index (χ4v) is 6.64. The molecule has 0 amide bonds. The van der Waals surface area contributed by atoms with Crippen LogP contribution in [-0.2, 0) is 9.22 Å². The van der Waals surface area contributed by atoms with Crippen molar-refractivity contribution in [3.8, 4) is 0 Å². The van der Waals surface area contributed by atoms with Crippen molar-refractivity contribution in [1.29, 1.82) is 0 Å². The highest BCUT2D eigenvalue weighted by atomic mass is 28.4. The van der Waals surface area contributed by atoms with Gasteiger partial charge in [-0.25, -0.2) is 0 Å². The zero-order chi connectivity index (χ0) is 19.8. The third-order valence-corrected chi connectivity index (χ3v) is 12.4. The van der Waals surface area contributed by atoms with Crippen LogP contribution in [0.15, 0.2) is 12.2 Å². The van der Waals surface area contributed by atoms with E-state index in [1.165, 1.54) is 12.8 Å². The van der Waals surface area contributed by atoms with Crippen molar-refractivity contribution in [3.63, 3.8) is 0 Å². The van der Waals surface area contributed by atoms with Gasteiger partial charge in [0, 0.05) is 18.4 Å². The van der Waals surface area contributed by atoms with Gasteiger partial charge in [-0.2, -0.15) is 0 Å². The average Bonchev–Trinajstić information content (AvgIpc) is 2.84. The lowest BCUT2D eigenvalue weighted by Gasteiger charge is -2.41. The van der Waals surface area contributed by atoms with Crippen molar-refractivity contribution in [2.45, 2.75) is 104 Å². The van der Waals surface area contributed by atoms with Crippen LogP contribution in [0.25, 0.3) is 0 Å². The van der Waals surface area contributed by atoms with Crippen LogP contribution in [0.2, 0.25) is 18.1 Å². The summed E-state index contributed by atoms with van der Waals surface area (Å²) in [4.78, 5) is 12.3. The van der Waals surface area contributed by atoms with Crippen LogP contribution >= 0.6 is 0 Å². The largest absolute Gasteiger partial charge is 0.414 e. The molecular formula is C23H42O2Si. The third kappa shape index (κ3) is 4.52. The molecule has 0 aromatic rings. The number of allylic oxidation sites excluding steroid dienone is 1. The molecule has 0 spiro atoms. The van der Waals surface area contributed by atoms with Gasteiger partial charge in [0.05, 0.1) is 0 Å². The molecule has 3 heteroatoms. The normalized spacial score (nSPS) is 32.7. The van der Waals surface area contributed by atoms with E-state index in [1.807, 2.05) is 0 Å². The van der Waals surface area contributed by atoms with Gasteiger partial charge in [-0.3, -0.25) is 4.79 Å². The van der Waals surface area contributed by atoms with E-state index in [0.29, 0.717) is 23.5 Å². The quantitative estimate of drug-likeness (QED) is 0.377. The van der Waals surface area contributed by atoms with Gasteiger partial charge in [0.1, 0.15) is 5.78 Å². The summed E-state index contributed by atoms with van der Waals surface area (Å²) in [5, 5.41) is 0.263. The first-order valence-corrected chi connectivity index (χ1v) is 13.7. The predicted molar refractivity (Wildman–Crippen MR) is 114 cm³/mol. The lowest BCUT2D eigenvalue weighted by Crippen LogP contribution is -2.43. The zero-order valence-electron chi connectivity index (χ0n) is 18.5. The molecule has 2 rings (SSSR count). The maximum atomic E-state index is 12.3. The Morgan fingerprint density at radius 2 is 1.92 bits per heavy atom. The molecule has 0 unspecified atom stereocenters. The average molecular weight is 379 g/mol. The lowest BCUT2D eigenvalue weighted by molar-refractivity contribution is -0.129. The predicted octanol–water partition coefficient (Wildman–Crippen LogP) is 6.76. The first-order chi connectivity index (χ1) is 11.9. The molecule has 2 aliphatic carbocycles. The Bertz CT molecular complexity index is 531. The Morgan fingerprint density at radius 3 is 2.54 bits per heavy atom. The van der Waals surface area contributed by atoms with E-state index < -0.39 is 8.32 Å². The van der Waals surface area contributed by atoms with Gasteiger partial charge in [0.15, 0.2) is 8.32 Å². The van der Waals surface area contributed by atoms with Gasteiger partial charge >= 0.3 is 0 Å². The van der Waals surface area contributed by atoms with Crippen molar-refractivity contribution >= 4 is 14.1 Å². The third-order valence-electron chi connectivity index (χ3n) is 7.78. The van der Waals surface area contributed by atoms with Crippen LogP contribution < -0.4 is 0 Å².